The summed E-state index contributed by atoms with van der Waals surface area (Å²) < 4.78 is 0. The van der Waals surface area contributed by atoms with E-state index in [9.17, 15) is 19.8 Å². The van der Waals surface area contributed by atoms with E-state index >= 15 is 9.59 Å². The number of amides is 2. The van der Waals surface area contributed by atoms with Gasteiger partial charge in [0.2, 0.25) is 11.8 Å². The molecule has 1 aliphatic heterocycles. The van der Waals surface area contributed by atoms with E-state index in [4.69, 9.17) is 0 Å². The molecule has 3 aliphatic carbocycles. The lowest BCUT2D eigenvalue weighted by Crippen LogP contribution is -2.58. The zero-order chi connectivity index (χ0) is 36.4. The smallest absolute Gasteiger partial charge is 0.233 e. The Labute approximate surface area is 306 Å². The Morgan fingerprint density at radius 3 is 2.17 bits per heavy atom. The Balaban J connectivity index is 1.25. The van der Waals surface area contributed by atoms with Crippen LogP contribution in [0.5, 0.6) is 11.5 Å². The molecule has 4 aliphatic rings. The maximum Gasteiger partial charge on any atom is 0.233 e. The van der Waals surface area contributed by atoms with Gasteiger partial charge in [0.05, 0.1) is 17.3 Å². The van der Waals surface area contributed by atoms with Gasteiger partial charge in [-0.1, -0.05) is 115 Å². The van der Waals surface area contributed by atoms with Crippen LogP contribution in [0.15, 0.2) is 139 Å². The molecule has 2 amide bonds. The molecule has 2 N–H and O–H groups in total. The fraction of sp³-hybridized carbons (Fsp3) is 0.217. The van der Waals surface area contributed by atoms with Crippen LogP contribution in [0.3, 0.4) is 0 Å². The molecule has 0 spiro atoms. The number of Topliss-reactive ketones (excluding diaryl/α,β-unsaturated/α-hetero) is 1. The number of nitrogens with zero attached hydrogens (tertiary/aromatic N) is 1. The fourth-order valence-corrected chi connectivity index (χ4v) is 9.96. The van der Waals surface area contributed by atoms with E-state index in [-0.39, 0.29) is 47.8 Å². The molecule has 1 saturated carbocycles. The molecule has 53 heavy (non-hydrogen) atoms. The lowest BCUT2D eigenvalue weighted by Gasteiger charge is -2.55. The van der Waals surface area contributed by atoms with Crippen molar-refractivity contribution in [3.8, 4) is 11.5 Å². The van der Waals surface area contributed by atoms with Gasteiger partial charge in [0.25, 0.3) is 0 Å². The zero-order valence-corrected chi connectivity index (χ0v) is 28.9. The molecule has 5 aromatic carbocycles. The van der Waals surface area contributed by atoms with Crippen molar-refractivity contribution in [3.05, 3.63) is 161 Å². The molecular weight excluding hydrogens is 663 g/mol. The summed E-state index contributed by atoms with van der Waals surface area (Å²) in [6.45, 7) is 0.195. The summed E-state index contributed by atoms with van der Waals surface area (Å²) in [5, 5.41) is 23.3. The van der Waals surface area contributed by atoms with Gasteiger partial charge in [0.15, 0.2) is 11.6 Å². The number of aromatic hydroxyl groups is 2. The van der Waals surface area contributed by atoms with Crippen molar-refractivity contribution in [2.24, 2.45) is 23.7 Å². The van der Waals surface area contributed by atoms with Gasteiger partial charge >= 0.3 is 0 Å². The number of hydrogen-bond acceptors (Lipinski definition) is 6. The predicted molar refractivity (Wildman–Crippen MR) is 201 cm³/mol. The molecule has 5 aromatic rings. The van der Waals surface area contributed by atoms with Crippen LogP contribution in [-0.4, -0.2) is 45.0 Å². The number of phenolic OH excluding ortho intramolecular Hbond substituents is 2. The number of rotatable bonds is 6. The number of likely N-dealkylation sites (tertiary alicyclic amines) is 1. The maximum absolute atomic E-state index is 15.3. The summed E-state index contributed by atoms with van der Waals surface area (Å²) >= 11 is 0. The van der Waals surface area contributed by atoms with Crippen LogP contribution in [0.4, 0.5) is 0 Å². The van der Waals surface area contributed by atoms with Crippen molar-refractivity contribution in [1.82, 2.24) is 4.90 Å². The van der Waals surface area contributed by atoms with E-state index in [0.717, 1.165) is 21.9 Å². The number of fused-ring (bicyclic) bond motifs is 5. The summed E-state index contributed by atoms with van der Waals surface area (Å²) in [6.07, 6.45) is 4.47. The highest BCUT2D eigenvalue weighted by Crippen LogP contribution is 2.65. The van der Waals surface area contributed by atoms with Gasteiger partial charge in [0.1, 0.15) is 11.5 Å². The Morgan fingerprint density at radius 1 is 0.717 bits per heavy atom. The van der Waals surface area contributed by atoms with Crippen molar-refractivity contribution in [3.63, 3.8) is 0 Å². The molecule has 7 heteroatoms. The molecule has 0 bridgehead atoms. The number of imide groups is 1. The Morgan fingerprint density at radius 2 is 1.42 bits per heavy atom. The monoisotopic (exact) mass is 699 g/mol. The summed E-state index contributed by atoms with van der Waals surface area (Å²) in [7, 11) is 0. The van der Waals surface area contributed by atoms with Crippen molar-refractivity contribution in [2.45, 2.75) is 30.6 Å². The standard InChI is InChI=1S/C46H37NO6/c48-31-18-15-27(16-19-31)23-24-47-44(52)34-21-20-33-36(40(34)45(47)53)25-37-43(51)35(28-9-3-1-4-10-28)26-39(50)46(37,30-12-5-2-6-13-30)42(33)41-32-14-8-7-11-29(32)17-22-38(41)49/h1-20,22,26,34,36-37,40,42,48-49H,21,23-25H2. The zero-order valence-electron chi connectivity index (χ0n) is 28.9. The van der Waals surface area contributed by atoms with Gasteiger partial charge in [-0.15, -0.1) is 0 Å². The third kappa shape index (κ3) is 4.94. The minimum atomic E-state index is -1.43. The number of allylic oxidation sites excluding steroid dienone is 4. The molecule has 0 aromatic heterocycles. The maximum atomic E-state index is 15.3. The fourth-order valence-electron chi connectivity index (χ4n) is 9.96. The molecule has 1 heterocycles. The van der Waals surface area contributed by atoms with E-state index < -0.39 is 35.0 Å². The molecule has 7 nitrogen and oxygen atoms in total. The van der Waals surface area contributed by atoms with Crippen LogP contribution < -0.4 is 0 Å². The summed E-state index contributed by atoms with van der Waals surface area (Å²) in [6, 6.07) is 36.6. The van der Waals surface area contributed by atoms with Crippen LogP contribution in [-0.2, 0) is 31.0 Å². The number of hydrogen-bond donors (Lipinski definition) is 2. The second-order valence-corrected chi connectivity index (χ2v) is 14.8. The minimum Gasteiger partial charge on any atom is -0.508 e. The first-order valence-corrected chi connectivity index (χ1v) is 18.2. The molecule has 0 radical (unpaired) electrons. The molecule has 9 rings (SSSR count). The largest absolute Gasteiger partial charge is 0.508 e. The van der Waals surface area contributed by atoms with Crippen LogP contribution >= 0.6 is 0 Å². The topological polar surface area (TPSA) is 112 Å². The Hall–Kier alpha value is -6.08. The molecule has 262 valence electrons. The van der Waals surface area contributed by atoms with Gasteiger partial charge in [-0.3, -0.25) is 24.1 Å². The summed E-state index contributed by atoms with van der Waals surface area (Å²) in [5.41, 5.74) is 2.47. The van der Waals surface area contributed by atoms with Crippen molar-refractivity contribution < 1.29 is 29.4 Å². The minimum absolute atomic E-state index is 0.00821. The third-order valence-corrected chi connectivity index (χ3v) is 12.3. The average Bonchev–Trinajstić information content (AvgIpc) is 3.44. The van der Waals surface area contributed by atoms with E-state index in [1.165, 1.54) is 11.0 Å². The number of phenols is 2. The SMILES string of the molecule is O=C1C(c2ccccc2)=CC(=O)C2(c3ccccc3)C1CC1C(=CCC3C(=O)N(CCc4ccc(O)cc4)C(=O)C31)C2c1c(O)ccc2ccccc12. The normalized spacial score (nSPS) is 26.5. The Bertz CT molecular complexity index is 2380. The van der Waals surface area contributed by atoms with Gasteiger partial charge in [-0.25, -0.2) is 0 Å². The quantitative estimate of drug-likeness (QED) is 0.142. The van der Waals surface area contributed by atoms with Gasteiger partial charge in [-0.05, 0) is 76.9 Å². The van der Waals surface area contributed by atoms with Crippen molar-refractivity contribution in [1.29, 1.82) is 0 Å². The lowest BCUT2D eigenvalue weighted by atomic mass is 9.44. The molecule has 6 unspecified atom stereocenters. The highest BCUT2D eigenvalue weighted by atomic mass is 16.3. The van der Waals surface area contributed by atoms with E-state index in [0.29, 0.717) is 35.1 Å². The highest BCUT2D eigenvalue weighted by molar-refractivity contribution is 6.32. The third-order valence-electron chi connectivity index (χ3n) is 12.3. The number of carbonyl (C=O) groups excluding carboxylic acids is 4. The van der Waals surface area contributed by atoms with Crippen LogP contribution in [0.1, 0.15) is 41.0 Å². The number of benzene rings is 5. The predicted octanol–water partition coefficient (Wildman–Crippen LogP) is 7.32. The van der Waals surface area contributed by atoms with E-state index in [2.05, 4.69) is 0 Å². The first kappa shape index (κ1) is 32.8. The van der Waals surface area contributed by atoms with Crippen LogP contribution in [0.2, 0.25) is 0 Å². The lowest BCUT2D eigenvalue weighted by molar-refractivity contribution is -0.140. The highest BCUT2D eigenvalue weighted by Gasteiger charge is 2.66. The van der Waals surface area contributed by atoms with Crippen molar-refractivity contribution >= 4 is 39.7 Å². The van der Waals surface area contributed by atoms with Crippen LogP contribution in [0, 0.1) is 23.7 Å². The number of carbonyl (C=O) groups is 4. The first-order chi connectivity index (χ1) is 25.8. The molecule has 2 fully saturated rings. The summed E-state index contributed by atoms with van der Waals surface area (Å²) in [5.74, 6) is -4.30. The van der Waals surface area contributed by atoms with Gasteiger partial charge in [-0.2, -0.15) is 0 Å². The van der Waals surface area contributed by atoms with Gasteiger partial charge in [0, 0.05) is 29.5 Å². The molecule has 1 saturated heterocycles. The Kier molecular flexibility index (Phi) is 7.77. The second kappa shape index (κ2) is 12.6. The van der Waals surface area contributed by atoms with E-state index in [1.807, 2.05) is 97.1 Å². The van der Waals surface area contributed by atoms with Crippen LogP contribution in [0.25, 0.3) is 16.3 Å². The van der Waals surface area contributed by atoms with Crippen molar-refractivity contribution in [2.75, 3.05) is 6.54 Å². The average molecular weight is 700 g/mol. The van der Waals surface area contributed by atoms with Gasteiger partial charge < -0.3 is 10.2 Å². The summed E-state index contributed by atoms with van der Waals surface area (Å²) in [4.78, 5) is 60.5. The molecule has 6 atom stereocenters. The molecular formula is C46H37NO6. The van der Waals surface area contributed by atoms with E-state index in [1.54, 1.807) is 30.3 Å². The first-order valence-electron chi connectivity index (χ1n) is 18.2. The second-order valence-electron chi connectivity index (χ2n) is 14.8. The number of ketones is 2.